The summed E-state index contributed by atoms with van der Waals surface area (Å²) >= 11 is 0. The third-order valence-corrected chi connectivity index (χ3v) is 5.50. The first-order valence-electron chi connectivity index (χ1n) is 10.3. The minimum absolute atomic E-state index is 0.0311. The predicted octanol–water partition coefficient (Wildman–Crippen LogP) is 5.35. The number of Topliss-reactive ketones (excluding diaryl/α,β-unsaturated/α-hetero) is 1. The van der Waals surface area contributed by atoms with Gasteiger partial charge in [0.2, 0.25) is 0 Å². The summed E-state index contributed by atoms with van der Waals surface area (Å²) in [6, 6.07) is 12.4. The number of carbonyl (C=O) groups is 2. The van der Waals surface area contributed by atoms with E-state index in [1.54, 1.807) is 0 Å². The first-order valence-corrected chi connectivity index (χ1v) is 10.3. The topological polar surface area (TPSA) is 57.6 Å². The molecule has 158 valence electrons. The molecule has 2 aromatic carbocycles. The highest BCUT2D eigenvalue weighted by molar-refractivity contribution is 6.46. The number of hydrogen-bond acceptors (Lipinski definition) is 3. The van der Waals surface area contributed by atoms with Gasteiger partial charge in [-0.3, -0.25) is 9.59 Å². The Morgan fingerprint density at radius 1 is 1.03 bits per heavy atom. The van der Waals surface area contributed by atoms with E-state index in [4.69, 9.17) is 0 Å². The van der Waals surface area contributed by atoms with Crippen molar-refractivity contribution < 1.29 is 19.1 Å². The van der Waals surface area contributed by atoms with Crippen molar-refractivity contribution in [2.24, 2.45) is 0 Å². The number of likely N-dealkylation sites (tertiary alicyclic amines) is 1. The van der Waals surface area contributed by atoms with Crippen molar-refractivity contribution in [3.8, 4) is 0 Å². The van der Waals surface area contributed by atoms with Gasteiger partial charge in [-0.25, -0.2) is 4.39 Å². The minimum Gasteiger partial charge on any atom is -0.507 e. The summed E-state index contributed by atoms with van der Waals surface area (Å²) in [7, 11) is 0. The molecule has 1 aliphatic heterocycles. The summed E-state index contributed by atoms with van der Waals surface area (Å²) in [4.78, 5) is 27.2. The van der Waals surface area contributed by atoms with Gasteiger partial charge in [-0.1, -0.05) is 58.4 Å². The van der Waals surface area contributed by atoms with E-state index in [0.717, 1.165) is 24.0 Å². The summed E-state index contributed by atoms with van der Waals surface area (Å²) < 4.78 is 13.3. The van der Waals surface area contributed by atoms with E-state index in [-0.39, 0.29) is 16.7 Å². The Bertz CT molecular complexity index is 969. The average molecular weight is 410 g/mol. The molecule has 1 unspecified atom stereocenters. The van der Waals surface area contributed by atoms with Crippen molar-refractivity contribution in [3.63, 3.8) is 0 Å². The van der Waals surface area contributed by atoms with Gasteiger partial charge < -0.3 is 10.0 Å². The van der Waals surface area contributed by atoms with Crippen LogP contribution in [0.15, 0.2) is 54.1 Å². The van der Waals surface area contributed by atoms with Crippen molar-refractivity contribution in [2.75, 3.05) is 6.54 Å². The zero-order chi connectivity index (χ0) is 22.1. The van der Waals surface area contributed by atoms with E-state index < -0.39 is 23.5 Å². The summed E-state index contributed by atoms with van der Waals surface area (Å²) in [6.45, 7) is 8.78. The molecule has 0 saturated carbocycles. The molecule has 1 saturated heterocycles. The molecule has 3 rings (SSSR count). The van der Waals surface area contributed by atoms with Crippen molar-refractivity contribution in [3.05, 3.63) is 76.6 Å². The SMILES string of the molecule is CCCCN1C(=O)C(=O)/C(=C(\O)c2ccc(F)cc2)C1c1ccc(C(C)(C)C)cc1. The van der Waals surface area contributed by atoms with Crippen LogP contribution in [0, 0.1) is 5.82 Å². The maximum absolute atomic E-state index is 13.3. The third-order valence-electron chi connectivity index (χ3n) is 5.50. The van der Waals surface area contributed by atoms with Gasteiger partial charge in [0.1, 0.15) is 11.6 Å². The number of benzene rings is 2. The number of ketones is 1. The highest BCUT2D eigenvalue weighted by atomic mass is 19.1. The number of aliphatic hydroxyl groups excluding tert-OH is 1. The molecule has 0 aliphatic carbocycles. The van der Waals surface area contributed by atoms with Crippen LogP contribution in [0.2, 0.25) is 0 Å². The average Bonchev–Trinajstić information content (AvgIpc) is 2.96. The number of amides is 1. The van der Waals surface area contributed by atoms with E-state index in [1.807, 2.05) is 31.2 Å². The molecule has 1 fully saturated rings. The molecule has 0 spiro atoms. The Labute approximate surface area is 177 Å². The number of unbranched alkanes of at least 4 members (excludes halogenated alkanes) is 1. The summed E-state index contributed by atoms with van der Waals surface area (Å²) in [5, 5.41) is 10.9. The Morgan fingerprint density at radius 2 is 1.63 bits per heavy atom. The van der Waals surface area contributed by atoms with Crippen LogP contribution in [-0.2, 0) is 15.0 Å². The molecular formula is C25H28FNO3. The first kappa shape index (κ1) is 21.8. The van der Waals surface area contributed by atoms with E-state index in [9.17, 15) is 19.1 Å². The van der Waals surface area contributed by atoms with Crippen LogP contribution in [0.25, 0.3) is 5.76 Å². The highest BCUT2D eigenvalue weighted by Crippen LogP contribution is 2.40. The van der Waals surface area contributed by atoms with Gasteiger partial charge in [0.15, 0.2) is 0 Å². The Balaban J connectivity index is 2.13. The standard InChI is InChI=1S/C25H28FNO3/c1-5-6-15-27-21(16-7-11-18(12-8-16)25(2,3)4)20(23(29)24(27)30)22(28)17-9-13-19(26)14-10-17/h7-14,21,28H,5-6,15H2,1-4H3/b22-20-. The molecule has 1 N–H and O–H groups in total. The van der Waals surface area contributed by atoms with Crippen molar-refractivity contribution in [2.45, 2.75) is 52.0 Å². The molecule has 5 heteroatoms. The number of carbonyl (C=O) groups excluding carboxylic acids is 2. The van der Waals surface area contributed by atoms with Gasteiger partial charge in [0.25, 0.3) is 11.7 Å². The van der Waals surface area contributed by atoms with Gasteiger partial charge in [-0.05, 0) is 47.2 Å². The quantitative estimate of drug-likeness (QED) is 0.412. The lowest BCUT2D eigenvalue weighted by Crippen LogP contribution is -2.30. The lowest BCUT2D eigenvalue weighted by atomic mass is 9.85. The number of halogens is 1. The second kappa shape index (κ2) is 8.42. The Morgan fingerprint density at radius 3 is 2.17 bits per heavy atom. The normalized spacial score (nSPS) is 18.8. The maximum Gasteiger partial charge on any atom is 0.295 e. The second-order valence-electron chi connectivity index (χ2n) is 8.72. The van der Waals surface area contributed by atoms with E-state index in [2.05, 4.69) is 20.8 Å². The second-order valence-corrected chi connectivity index (χ2v) is 8.72. The molecule has 1 heterocycles. The van der Waals surface area contributed by atoms with Gasteiger partial charge in [0, 0.05) is 12.1 Å². The Hall–Kier alpha value is -2.95. The smallest absolute Gasteiger partial charge is 0.295 e. The van der Waals surface area contributed by atoms with Crippen LogP contribution >= 0.6 is 0 Å². The van der Waals surface area contributed by atoms with Gasteiger partial charge in [-0.2, -0.15) is 0 Å². The molecule has 1 amide bonds. The van der Waals surface area contributed by atoms with Gasteiger partial charge >= 0.3 is 0 Å². The summed E-state index contributed by atoms with van der Waals surface area (Å²) in [5.74, 6) is -2.05. The van der Waals surface area contributed by atoms with Crippen LogP contribution in [-0.4, -0.2) is 28.2 Å². The fraction of sp³-hybridized carbons (Fsp3) is 0.360. The van der Waals surface area contributed by atoms with Crippen LogP contribution in [0.5, 0.6) is 0 Å². The molecular weight excluding hydrogens is 381 g/mol. The first-order chi connectivity index (χ1) is 14.1. The monoisotopic (exact) mass is 409 g/mol. The molecule has 2 aromatic rings. The molecule has 30 heavy (non-hydrogen) atoms. The third kappa shape index (κ3) is 4.16. The van der Waals surface area contributed by atoms with Crippen molar-refractivity contribution in [1.29, 1.82) is 0 Å². The molecule has 1 aliphatic rings. The molecule has 0 aromatic heterocycles. The fourth-order valence-corrected chi connectivity index (χ4v) is 3.71. The lowest BCUT2D eigenvalue weighted by Gasteiger charge is -2.26. The van der Waals surface area contributed by atoms with Crippen molar-refractivity contribution in [1.82, 2.24) is 4.90 Å². The van der Waals surface area contributed by atoms with Crippen LogP contribution in [0.4, 0.5) is 4.39 Å². The van der Waals surface area contributed by atoms with Crippen LogP contribution < -0.4 is 0 Å². The molecule has 0 bridgehead atoms. The highest BCUT2D eigenvalue weighted by Gasteiger charge is 2.45. The maximum atomic E-state index is 13.3. The van der Waals surface area contributed by atoms with Crippen LogP contribution in [0.1, 0.15) is 63.3 Å². The largest absolute Gasteiger partial charge is 0.507 e. The van der Waals surface area contributed by atoms with Crippen LogP contribution in [0.3, 0.4) is 0 Å². The molecule has 1 atom stereocenters. The van der Waals surface area contributed by atoms with Gasteiger partial charge in [0.05, 0.1) is 11.6 Å². The zero-order valence-electron chi connectivity index (χ0n) is 17.9. The van der Waals surface area contributed by atoms with Crippen molar-refractivity contribution >= 4 is 17.4 Å². The summed E-state index contributed by atoms with van der Waals surface area (Å²) in [6.07, 6.45) is 1.62. The number of nitrogens with zero attached hydrogens (tertiary/aromatic N) is 1. The molecule has 4 nitrogen and oxygen atoms in total. The summed E-state index contributed by atoms with van der Waals surface area (Å²) in [5.41, 5.74) is 2.22. The fourth-order valence-electron chi connectivity index (χ4n) is 3.71. The lowest BCUT2D eigenvalue weighted by molar-refractivity contribution is -0.139. The number of hydrogen-bond donors (Lipinski definition) is 1. The number of aliphatic hydroxyl groups is 1. The van der Waals surface area contributed by atoms with E-state index in [1.165, 1.54) is 29.2 Å². The van der Waals surface area contributed by atoms with E-state index in [0.29, 0.717) is 12.1 Å². The predicted molar refractivity (Wildman–Crippen MR) is 115 cm³/mol. The Kier molecular flexibility index (Phi) is 6.11. The molecule has 0 radical (unpaired) electrons. The number of rotatable bonds is 5. The van der Waals surface area contributed by atoms with Gasteiger partial charge in [-0.15, -0.1) is 0 Å². The zero-order valence-corrected chi connectivity index (χ0v) is 17.9. The minimum atomic E-state index is -0.710. The van der Waals surface area contributed by atoms with E-state index >= 15 is 0 Å².